The van der Waals surface area contributed by atoms with Gasteiger partial charge in [0, 0.05) is 13.6 Å². The van der Waals surface area contributed by atoms with Crippen molar-refractivity contribution in [1.29, 1.82) is 0 Å². The molecule has 0 aliphatic heterocycles. The highest BCUT2D eigenvalue weighted by Gasteiger charge is 2.35. The lowest BCUT2D eigenvalue weighted by Gasteiger charge is -2.28. The topological polar surface area (TPSA) is 121 Å². The van der Waals surface area contributed by atoms with Crippen LogP contribution in [0.5, 0.6) is 0 Å². The molecule has 0 aliphatic rings. The molecule has 0 saturated heterocycles. The van der Waals surface area contributed by atoms with Gasteiger partial charge in [-0.2, -0.15) is 0 Å². The van der Waals surface area contributed by atoms with Gasteiger partial charge in [0.05, 0.1) is 6.61 Å². The zero-order valence-electron chi connectivity index (χ0n) is 16.4. The van der Waals surface area contributed by atoms with Gasteiger partial charge < -0.3 is 30.4 Å². The van der Waals surface area contributed by atoms with Crippen molar-refractivity contribution in [1.82, 2.24) is 4.90 Å². The van der Waals surface area contributed by atoms with Crippen LogP contribution in [0.2, 0.25) is 0 Å². The minimum Gasteiger partial charge on any atom is -0.394 e. The van der Waals surface area contributed by atoms with E-state index in [1.807, 2.05) is 0 Å². The predicted molar refractivity (Wildman–Crippen MR) is 101 cm³/mol. The van der Waals surface area contributed by atoms with E-state index in [0.717, 1.165) is 19.3 Å². The number of carbonyl (C=O) groups excluding carboxylic acids is 1. The molecule has 1 amide bonds. The van der Waals surface area contributed by atoms with Crippen LogP contribution in [0.3, 0.4) is 0 Å². The van der Waals surface area contributed by atoms with Crippen molar-refractivity contribution in [2.24, 2.45) is 0 Å². The summed E-state index contributed by atoms with van der Waals surface area (Å²) in [4.78, 5) is 13.4. The van der Waals surface area contributed by atoms with E-state index >= 15 is 0 Å². The molecular formula is C19H39NO6. The number of hydrogen-bond acceptors (Lipinski definition) is 6. The van der Waals surface area contributed by atoms with Crippen molar-refractivity contribution in [3.63, 3.8) is 0 Å². The van der Waals surface area contributed by atoms with Crippen LogP contribution in [0, 0.1) is 0 Å². The van der Waals surface area contributed by atoms with Crippen LogP contribution in [-0.4, -0.2) is 81.0 Å². The van der Waals surface area contributed by atoms with Crippen molar-refractivity contribution >= 4 is 5.91 Å². The van der Waals surface area contributed by atoms with E-state index in [-0.39, 0.29) is 0 Å². The Bertz CT molecular complexity index is 355. The Morgan fingerprint density at radius 3 is 1.73 bits per heavy atom. The summed E-state index contributed by atoms with van der Waals surface area (Å²) in [6.45, 7) is 1.90. The number of likely N-dealkylation sites (N-methyl/N-ethyl adjacent to an activating group) is 1. The molecule has 0 saturated carbocycles. The van der Waals surface area contributed by atoms with E-state index in [2.05, 4.69) is 6.92 Å². The van der Waals surface area contributed by atoms with Gasteiger partial charge in [-0.25, -0.2) is 0 Å². The molecule has 4 atom stereocenters. The molecule has 26 heavy (non-hydrogen) atoms. The van der Waals surface area contributed by atoms with Crippen molar-refractivity contribution < 1.29 is 30.3 Å². The van der Waals surface area contributed by atoms with Crippen LogP contribution in [0.4, 0.5) is 0 Å². The maximum Gasteiger partial charge on any atom is 0.253 e. The summed E-state index contributed by atoms with van der Waals surface area (Å²) in [5, 5.41) is 47.2. The van der Waals surface area contributed by atoms with E-state index in [1.54, 1.807) is 0 Å². The third-order valence-electron chi connectivity index (χ3n) is 4.73. The summed E-state index contributed by atoms with van der Waals surface area (Å²) in [6.07, 6.45) is 4.76. The highest BCUT2D eigenvalue weighted by molar-refractivity contribution is 5.81. The first-order chi connectivity index (χ1) is 12.4. The molecule has 7 heteroatoms. The van der Waals surface area contributed by atoms with Gasteiger partial charge in [0.2, 0.25) is 0 Å². The second-order valence-electron chi connectivity index (χ2n) is 7.12. The molecule has 156 valence electrons. The Kier molecular flexibility index (Phi) is 14.9. The van der Waals surface area contributed by atoms with E-state index in [4.69, 9.17) is 5.11 Å². The first-order valence-corrected chi connectivity index (χ1v) is 9.94. The average Bonchev–Trinajstić information content (AvgIpc) is 2.66. The molecule has 0 fully saturated rings. The summed E-state index contributed by atoms with van der Waals surface area (Å²) in [6, 6.07) is 0. The van der Waals surface area contributed by atoms with Gasteiger partial charge in [0.1, 0.15) is 18.3 Å². The zero-order valence-corrected chi connectivity index (χ0v) is 16.4. The minimum absolute atomic E-state index is 0.456. The molecule has 0 bridgehead atoms. The Balaban J connectivity index is 3.88. The molecular weight excluding hydrogens is 338 g/mol. The van der Waals surface area contributed by atoms with Crippen molar-refractivity contribution in [3.05, 3.63) is 0 Å². The summed E-state index contributed by atoms with van der Waals surface area (Å²) >= 11 is 0. The number of amides is 1. The summed E-state index contributed by atoms with van der Waals surface area (Å²) < 4.78 is 0. The predicted octanol–water partition coefficient (Wildman–Crippen LogP) is 0.802. The zero-order chi connectivity index (χ0) is 19.9. The second-order valence-corrected chi connectivity index (χ2v) is 7.12. The van der Waals surface area contributed by atoms with Crippen LogP contribution in [-0.2, 0) is 4.79 Å². The first kappa shape index (κ1) is 25.3. The van der Waals surface area contributed by atoms with Gasteiger partial charge in [-0.3, -0.25) is 4.79 Å². The SMILES string of the molecule is CCCCCCCCCCCCN(C)C(=O)[C@H](O)[C@@H](O)[C@H](O)[C@H](O)CO. The minimum atomic E-state index is -1.85. The Hall–Kier alpha value is -0.730. The lowest BCUT2D eigenvalue weighted by molar-refractivity contribution is -0.157. The highest BCUT2D eigenvalue weighted by Crippen LogP contribution is 2.12. The van der Waals surface area contributed by atoms with Gasteiger partial charge in [-0.15, -0.1) is 0 Å². The molecule has 5 N–H and O–H groups in total. The number of aliphatic hydroxyl groups excluding tert-OH is 5. The number of aliphatic hydroxyl groups is 5. The number of nitrogens with zero attached hydrogens (tertiary/aromatic N) is 1. The second kappa shape index (κ2) is 15.3. The van der Waals surface area contributed by atoms with Gasteiger partial charge in [-0.05, 0) is 6.42 Å². The Labute approximate surface area is 157 Å². The molecule has 0 unspecified atom stereocenters. The molecule has 0 aromatic carbocycles. The van der Waals surface area contributed by atoms with Gasteiger partial charge in [0.15, 0.2) is 6.10 Å². The van der Waals surface area contributed by atoms with Gasteiger partial charge >= 0.3 is 0 Å². The van der Waals surface area contributed by atoms with Crippen LogP contribution < -0.4 is 0 Å². The molecule has 0 rings (SSSR count). The maximum absolute atomic E-state index is 12.1. The van der Waals surface area contributed by atoms with Crippen LogP contribution >= 0.6 is 0 Å². The quantitative estimate of drug-likeness (QED) is 0.254. The van der Waals surface area contributed by atoms with Crippen molar-refractivity contribution in [3.8, 4) is 0 Å². The van der Waals surface area contributed by atoms with Gasteiger partial charge in [0.25, 0.3) is 5.91 Å². The molecule has 7 nitrogen and oxygen atoms in total. The Morgan fingerprint density at radius 1 is 0.808 bits per heavy atom. The van der Waals surface area contributed by atoms with Crippen molar-refractivity contribution in [2.75, 3.05) is 20.2 Å². The monoisotopic (exact) mass is 377 g/mol. The number of hydrogen-bond donors (Lipinski definition) is 5. The number of unbranched alkanes of at least 4 members (excludes halogenated alkanes) is 9. The van der Waals surface area contributed by atoms with E-state index in [1.165, 1.54) is 56.9 Å². The standard InChI is InChI=1S/C19H39NO6/c1-3-4-5-6-7-8-9-10-11-12-13-20(2)19(26)18(25)17(24)16(23)15(22)14-21/h15-18,21-25H,3-14H2,1-2H3/t15-,16-,17+,18-/m1/s1. The van der Waals surface area contributed by atoms with Crippen LogP contribution in [0.15, 0.2) is 0 Å². The number of carbonyl (C=O) groups is 1. The maximum atomic E-state index is 12.1. The molecule has 0 aromatic heterocycles. The van der Waals surface area contributed by atoms with E-state index in [0.29, 0.717) is 6.54 Å². The molecule has 0 aliphatic carbocycles. The fraction of sp³-hybridized carbons (Fsp3) is 0.947. The lowest BCUT2D eigenvalue weighted by Crippen LogP contribution is -2.52. The fourth-order valence-electron chi connectivity index (χ4n) is 2.84. The Morgan fingerprint density at radius 2 is 1.27 bits per heavy atom. The van der Waals surface area contributed by atoms with Crippen molar-refractivity contribution in [2.45, 2.75) is 95.5 Å². The summed E-state index contributed by atoms with van der Waals surface area (Å²) in [5.74, 6) is -0.711. The van der Waals surface area contributed by atoms with E-state index in [9.17, 15) is 25.2 Å². The fourth-order valence-corrected chi connectivity index (χ4v) is 2.84. The first-order valence-electron chi connectivity index (χ1n) is 9.94. The van der Waals surface area contributed by atoms with Crippen LogP contribution in [0.25, 0.3) is 0 Å². The average molecular weight is 378 g/mol. The molecule has 0 spiro atoms. The molecule has 0 radical (unpaired) electrons. The normalized spacial score (nSPS) is 16.1. The summed E-state index contributed by atoms with van der Waals surface area (Å²) in [5.41, 5.74) is 0. The third-order valence-corrected chi connectivity index (χ3v) is 4.73. The molecule has 0 aromatic rings. The summed E-state index contributed by atoms with van der Waals surface area (Å²) in [7, 11) is 1.53. The molecule has 0 heterocycles. The van der Waals surface area contributed by atoms with E-state index < -0.39 is 36.9 Å². The lowest BCUT2D eigenvalue weighted by atomic mass is 10.0. The van der Waals surface area contributed by atoms with Gasteiger partial charge in [-0.1, -0.05) is 64.7 Å². The third kappa shape index (κ3) is 10.4. The largest absolute Gasteiger partial charge is 0.394 e. The highest BCUT2D eigenvalue weighted by atomic mass is 16.4. The van der Waals surface area contributed by atoms with Crippen LogP contribution in [0.1, 0.15) is 71.1 Å². The number of rotatable bonds is 16. The smallest absolute Gasteiger partial charge is 0.253 e.